The average Bonchev–Trinajstić information content (AvgIpc) is 2.94. The third kappa shape index (κ3) is 2.91. The Morgan fingerprint density at radius 1 is 1.20 bits per heavy atom. The van der Waals surface area contributed by atoms with Crippen LogP contribution in [0.25, 0.3) is 0 Å². The predicted octanol–water partition coefficient (Wildman–Crippen LogP) is 3.39. The Morgan fingerprint density at radius 3 is 2.80 bits per heavy atom. The largest absolute Gasteiger partial charge is 0.486 e. The SMILES string of the molecule is CSC1CCCC1NC(C)c1ccc2c(c1)OCCO2. The molecule has 1 aromatic rings. The summed E-state index contributed by atoms with van der Waals surface area (Å²) in [7, 11) is 0. The highest BCUT2D eigenvalue weighted by atomic mass is 32.2. The molecular weight excluding hydrogens is 270 g/mol. The summed E-state index contributed by atoms with van der Waals surface area (Å²) >= 11 is 1.99. The predicted molar refractivity (Wildman–Crippen MR) is 83.9 cm³/mol. The summed E-state index contributed by atoms with van der Waals surface area (Å²) in [6.45, 7) is 3.54. The van der Waals surface area contributed by atoms with Crippen molar-refractivity contribution in [3.05, 3.63) is 23.8 Å². The van der Waals surface area contributed by atoms with Gasteiger partial charge in [-0.05, 0) is 43.7 Å². The number of hydrogen-bond acceptors (Lipinski definition) is 4. The monoisotopic (exact) mass is 293 g/mol. The molecule has 1 aromatic carbocycles. The van der Waals surface area contributed by atoms with Crippen LogP contribution in [0.5, 0.6) is 11.5 Å². The van der Waals surface area contributed by atoms with E-state index in [2.05, 4.69) is 30.6 Å². The molecule has 3 rings (SSSR count). The molecular formula is C16H23NO2S. The molecule has 3 nitrogen and oxygen atoms in total. The van der Waals surface area contributed by atoms with Crippen LogP contribution >= 0.6 is 11.8 Å². The molecule has 0 bridgehead atoms. The molecule has 2 aliphatic rings. The summed E-state index contributed by atoms with van der Waals surface area (Å²) in [6, 6.07) is 7.28. The van der Waals surface area contributed by atoms with E-state index < -0.39 is 0 Å². The Hall–Kier alpha value is -0.870. The lowest BCUT2D eigenvalue weighted by Crippen LogP contribution is -2.35. The van der Waals surface area contributed by atoms with Gasteiger partial charge in [0.1, 0.15) is 13.2 Å². The summed E-state index contributed by atoms with van der Waals surface area (Å²) in [5, 5.41) is 4.54. The van der Waals surface area contributed by atoms with Gasteiger partial charge in [0.25, 0.3) is 0 Å². The van der Waals surface area contributed by atoms with Crippen molar-refractivity contribution in [2.24, 2.45) is 0 Å². The number of thioether (sulfide) groups is 1. The van der Waals surface area contributed by atoms with Gasteiger partial charge >= 0.3 is 0 Å². The van der Waals surface area contributed by atoms with E-state index in [4.69, 9.17) is 9.47 Å². The number of nitrogens with one attached hydrogen (secondary N) is 1. The molecule has 1 fully saturated rings. The summed E-state index contributed by atoms with van der Waals surface area (Å²) in [6.07, 6.45) is 6.20. The third-order valence-electron chi connectivity index (χ3n) is 4.29. The molecule has 110 valence electrons. The molecule has 0 spiro atoms. The second kappa shape index (κ2) is 6.27. The van der Waals surface area contributed by atoms with E-state index in [1.54, 1.807) is 0 Å². The summed E-state index contributed by atoms with van der Waals surface area (Å²) in [5.41, 5.74) is 1.28. The van der Waals surface area contributed by atoms with Gasteiger partial charge in [-0.25, -0.2) is 0 Å². The fraction of sp³-hybridized carbons (Fsp3) is 0.625. The molecule has 3 unspecified atom stereocenters. The van der Waals surface area contributed by atoms with E-state index in [-0.39, 0.29) is 0 Å². The van der Waals surface area contributed by atoms with Crippen molar-refractivity contribution in [1.29, 1.82) is 0 Å². The Bertz CT molecular complexity index is 466. The lowest BCUT2D eigenvalue weighted by molar-refractivity contribution is 0.171. The topological polar surface area (TPSA) is 30.5 Å². The van der Waals surface area contributed by atoms with Gasteiger partial charge in [-0.2, -0.15) is 11.8 Å². The first-order valence-corrected chi connectivity index (χ1v) is 8.75. The standard InChI is InChI=1S/C16H23NO2S/c1-11(17-13-4-3-5-16(13)20-2)12-6-7-14-15(10-12)19-9-8-18-14/h6-7,10-11,13,16-17H,3-5,8-9H2,1-2H3. The zero-order valence-corrected chi connectivity index (χ0v) is 13.0. The van der Waals surface area contributed by atoms with E-state index in [1.807, 2.05) is 17.8 Å². The van der Waals surface area contributed by atoms with Crippen LogP contribution in [0, 0.1) is 0 Å². The lowest BCUT2D eigenvalue weighted by Gasteiger charge is -2.25. The lowest BCUT2D eigenvalue weighted by atomic mass is 10.1. The zero-order chi connectivity index (χ0) is 13.9. The molecule has 1 heterocycles. The van der Waals surface area contributed by atoms with Crippen molar-refractivity contribution in [2.45, 2.75) is 43.5 Å². The molecule has 1 aliphatic heterocycles. The van der Waals surface area contributed by atoms with Crippen LogP contribution < -0.4 is 14.8 Å². The first-order valence-electron chi connectivity index (χ1n) is 7.46. The first-order chi connectivity index (χ1) is 9.78. The van der Waals surface area contributed by atoms with Gasteiger partial charge in [0, 0.05) is 17.3 Å². The van der Waals surface area contributed by atoms with E-state index >= 15 is 0 Å². The van der Waals surface area contributed by atoms with E-state index in [0.717, 1.165) is 16.7 Å². The Kier molecular flexibility index (Phi) is 4.41. The number of hydrogen-bond donors (Lipinski definition) is 1. The normalized spacial score (nSPS) is 26.5. The van der Waals surface area contributed by atoms with Crippen molar-refractivity contribution < 1.29 is 9.47 Å². The van der Waals surface area contributed by atoms with E-state index in [1.165, 1.54) is 24.8 Å². The second-order valence-electron chi connectivity index (χ2n) is 5.60. The van der Waals surface area contributed by atoms with Crippen LogP contribution in [-0.4, -0.2) is 30.8 Å². The number of fused-ring (bicyclic) bond motifs is 1. The highest BCUT2D eigenvalue weighted by Gasteiger charge is 2.27. The maximum absolute atomic E-state index is 5.67. The van der Waals surface area contributed by atoms with Crippen molar-refractivity contribution in [3.63, 3.8) is 0 Å². The van der Waals surface area contributed by atoms with Crippen LogP contribution in [0.15, 0.2) is 18.2 Å². The smallest absolute Gasteiger partial charge is 0.161 e. The summed E-state index contributed by atoms with van der Waals surface area (Å²) in [4.78, 5) is 0. The molecule has 1 saturated carbocycles. The van der Waals surface area contributed by atoms with Crippen LogP contribution in [0.4, 0.5) is 0 Å². The maximum atomic E-state index is 5.67. The minimum absolute atomic E-state index is 0.351. The summed E-state index contributed by atoms with van der Waals surface area (Å²) < 4.78 is 11.2. The fourth-order valence-corrected chi connectivity index (χ4v) is 4.09. The molecule has 0 aromatic heterocycles. The van der Waals surface area contributed by atoms with E-state index in [0.29, 0.717) is 25.3 Å². The maximum Gasteiger partial charge on any atom is 0.161 e. The van der Waals surface area contributed by atoms with Gasteiger partial charge in [-0.1, -0.05) is 12.5 Å². The van der Waals surface area contributed by atoms with Gasteiger partial charge < -0.3 is 14.8 Å². The average molecular weight is 293 g/mol. The molecule has 3 atom stereocenters. The third-order valence-corrected chi connectivity index (χ3v) is 5.46. The summed E-state index contributed by atoms with van der Waals surface area (Å²) in [5.74, 6) is 1.75. The van der Waals surface area contributed by atoms with Gasteiger partial charge in [-0.3, -0.25) is 0 Å². The highest BCUT2D eigenvalue weighted by Crippen LogP contribution is 2.34. The fourth-order valence-electron chi connectivity index (χ4n) is 3.15. The Labute approximate surface area is 125 Å². The van der Waals surface area contributed by atoms with Crippen molar-refractivity contribution in [1.82, 2.24) is 5.32 Å². The van der Waals surface area contributed by atoms with Crippen molar-refractivity contribution in [2.75, 3.05) is 19.5 Å². The van der Waals surface area contributed by atoms with Crippen LogP contribution in [0.3, 0.4) is 0 Å². The molecule has 1 N–H and O–H groups in total. The quantitative estimate of drug-likeness (QED) is 0.922. The highest BCUT2D eigenvalue weighted by molar-refractivity contribution is 7.99. The molecule has 0 amide bonds. The number of benzene rings is 1. The van der Waals surface area contributed by atoms with Crippen LogP contribution in [0.2, 0.25) is 0 Å². The second-order valence-corrected chi connectivity index (χ2v) is 6.68. The van der Waals surface area contributed by atoms with Gasteiger partial charge in [0.2, 0.25) is 0 Å². The Morgan fingerprint density at radius 2 is 2.00 bits per heavy atom. The number of rotatable bonds is 4. The molecule has 20 heavy (non-hydrogen) atoms. The van der Waals surface area contributed by atoms with Gasteiger partial charge in [-0.15, -0.1) is 0 Å². The van der Waals surface area contributed by atoms with Gasteiger partial charge in [0.05, 0.1) is 0 Å². The van der Waals surface area contributed by atoms with Gasteiger partial charge in [0.15, 0.2) is 11.5 Å². The Balaban J connectivity index is 1.69. The minimum atomic E-state index is 0.351. The van der Waals surface area contributed by atoms with Crippen LogP contribution in [0.1, 0.15) is 37.8 Å². The molecule has 4 heteroatoms. The number of ether oxygens (including phenoxy) is 2. The zero-order valence-electron chi connectivity index (χ0n) is 12.2. The van der Waals surface area contributed by atoms with Crippen molar-refractivity contribution in [3.8, 4) is 11.5 Å². The molecule has 1 aliphatic carbocycles. The first kappa shape index (κ1) is 14.1. The van der Waals surface area contributed by atoms with Crippen molar-refractivity contribution >= 4 is 11.8 Å². The van der Waals surface area contributed by atoms with Crippen LogP contribution in [-0.2, 0) is 0 Å². The molecule has 0 radical (unpaired) electrons. The molecule has 0 saturated heterocycles. The minimum Gasteiger partial charge on any atom is -0.486 e. The van der Waals surface area contributed by atoms with E-state index in [9.17, 15) is 0 Å².